The predicted molar refractivity (Wildman–Crippen MR) is 75.0 cm³/mol. The Balaban J connectivity index is 2.58. The molecule has 6 nitrogen and oxygen atoms in total. The van der Waals surface area contributed by atoms with Gasteiger partial charge in [0.25, 0.3) is 5.69 Å². The molecule has 0 spiro atoms. The van der Waals surface area contributed by atoms with E-state index < -0.39 is 11.0 Å². The maximum absolute atomic E-state index is 10.7. The Morgan fingerprint density at radius 3 is 2.70 bits per heavy atom. The summed E-state index contributed by atoms with van der Waals surface area (Å²) in [5, 5.41) is 20.4. The minimum absolute atomic E-state index is 0.0626. The van der Waals surface area contributed by atoms with E-state index in [-0.39, 0.29) is 5.69 Å². The standard InChI is InChI=1S/C14H21NO5/c1-3-4-7-19-8-9-20-14-6-5-12(15(17)18)10-13(14)11(2)16/h5-6,10-11,16H,3-4,7-9H2,1-2H3. The molecule has 112 valence electrons. The number of nitro groups is 1. The second-order valence-corrected chi connectivity index (χ2v) is 4.47. The topological polar surface area (TPSA) is 81.8 Å². The van der Waals surface area contributed by atoms with E-state index in [0.717, 1.165) is 12.8 Å². The number of aliphatic hydroxyl groups excluding tert-OH is 1. The first-order valence-electron chi connectivity index (χ1n) is 6.73. The molecule has 0 saturated carbocycles. The Kier molecular flexibility index (Phi) is 6.97. The highest BCUT2D eigenvalue weighted by Crippen LogP contribution is 2.29. The normalized spacial score (nSPS) is 12.2. The van der Waals surface area contributed by atoms with Crippen LogP contribution in [0.4, 0.5) is 5.69 Å². The number of non-ortho nitro benzene ring substituents is 1. The Morgan fingerprint density at radius 2 is 2.10 bits per heavy atom. The van der Waals surface area contributed by atoms with Crippen LogP contribution in [0.15, 0.2) is 18.2 Å². The van der Waals surface area contributed by atoms with Gasteiger partial charge in [-0.05, 0) is 19.4 Å². The number of rotatable bonds is 9. The van der Waals surface area contributed by atoms with Crippen molar-refractivity contribution in [3.8, 4) is 5.75 Å². The molecule has 0 radical (unpaired) electrons. The van der Waals surface area contributed by atoms with Crippen LogP contribution in [-0.2, 0) is 4.74 Å². The molecule has 0 saturated heterocycles. The zero-order chi connectivity index (χ0) is 15.0. The van der Waals surface area contributed by atoms with Crippen LogP contribution >= 0.6 is 0 Å². The van der Waals surface area contributed by atoms with Gasteiger partial charge in [0.1, 0.15) is 12.4 Å². The molecule has 20 heavy (non-hydrogen) atoms. The van der Waals surface area contributed by atoms with Crippen molar-refractivity contribution in [1.82, 2.24) is 0 Å². The molecule has 1 rings (SSSR count). The van der Waals surface area contributed by atoms with Gasteiger partial charge in [0.15, 0.2) is 0 Å². The summed E-state index contributed by atoms with van der Waals surface area (Å²) in [6.45, 7) is 5.14. The van der Waals surface area contributed by atoms with Crippen molar-refractivity contribution in [2.75, 3.05) is 19.8 Å². The number of hydrogen-bond acceptors (Lipinski definition) is 5. The first-order valence-corrected chi connectivity index (χ1v) is 6.73. The summed E-state index contributed by atoms with van der Waals surface area (Å²) < 4.78 is 10.9. The molecular weight excluding hydrogens is 262 g/mol. The Labute approximate surface area is 118 Å². The maximum atomic E-state index is 10.7. The third kappa shape index (κ3) is 5.14. The van der Waals surface area contributed by atoms with E-state index in [2.05, 4.69) is 6.92 Å². The van der Waals surface area contributed by atoms with Gasteiger partial charge in [-0.2, -0.15) is 0 Å². The maximum Gasteiger partial charge on any atom is 0.270 e. The summed E-state index contributed by atoms with van der Waals surface area (Å²) in [6, 6.07) is 4.20. The highest BCUT2D eigenvalue weighted by molar-refractivity contribution is 5.44. The molecular formula is C14H21NO5. The van der Waals surface area contributed by atoms with Crippen LogP contribution in [0.1, 0.15) is 38.4 Å². The second-order valence-electron chi connectivity index (χ2n) is 4.47. The molecule has 0 bridgehead atoms. The van der Waals surface area contributed by atoms with Crippen molar-refractivity contribution in [2.45, 2.75) is 32.8 Å². The fourth-order valence-corrected chi connectivity index (χ4v) is 1.67. The highest BCUT2D eigenvalue weighted by Gasteiger charge is 2.15. The van der Waals surface area contributed by atoms with Crippen LogP contribution in [0.3, 0.4) is 0 Å². The fourth-order valence-electron chi connectivity index (χ4n) is 1.67. The molecule has 1 aromatic rings. The van der Waals surface area contributed by atoms with Gasteiger partial charge in [-0.3, -0.25) is 10.1 Å². The highest BCUT2D eigenvalue weighted by atomic mass is 16.6. The average Bonchev–Trinajstić information content (AvgIpc) is 2.42. The van der Waals surface area contributed by atoms with Crippen molar-refractivity contribution in [1.29, 1.82) is 0 Å². The minimum Gasteiger partial charge on any atom is -0.491 e. The first kappa shape index (κ1) is 16.4. The van der Waals surface area contributed by atoms with Crippen LogP contribution in [0.5, 0.6) is 5.75 Å². The van der Waals surface area contributed by atoms with Crippen molar-refractivity contribution < 1.29 is 19.5 Å². The van der Waals surface area contributed by atoms with Crippen LogP contribution in [0.2, 0.25) is 0 Å². The van der Waals surface area contributed by atoms with Gasteiger partial charge in [0.2, 0.25) is 0 Å². The van der Waals surface area contributed by atoms with Crippen molar-refractivity contribution in [3.63, 3.8) is 0 Å². The summed E-state index contributed by atoms with van der Waals surface area (Å²) in [7, 11) is 0. The van der Waals surface area contributed by atoms with E-state index in [1.165, 1.54) is 18.2 Å². The van der Waals surface area contributed by atoms with Crippen LogP contribution in [0.25, 0.3) is 0 Å². The number of ether oxygens (including phenoxy) is 2. The molecule has 0 aliphatic carbocycles. The van der Waals surface area contributed by atoms with E-state index in [1.54, 1.807) is 6.92 Å². The van der Waals surface area contributed by atoms with E-state index >= 15 is 0 Å². The average molecular weight is 283 g/mol. The monoisotopic (exact) mass is 283 g/mol. The number of unbranched alkanes of at least 4 members (excludes halogenated alkanes) is 1. The van der Waals surface area contributed by atoms with Crippen LogP contribution in [0, 0.1) is 10.1 Å². The van der Waals surface area contributed by atoms with Gasteiger partial charge in [-0.1, -0.05) is 13.3 Å². The smallest absolute Gasteiger partial charge is 0.270 e. The quantitative estimate of drug-likeness (QED) is 0.428. The summed E-state index contributed by atoms with van der Waals surface area (Å²) in [6.07, 6.45) is 1.26. The zero-order valence-corrected chi connectivity index (χ0v) is 11.9. The Hall–Kier alpha value is -1.66. The first-order chi connectivity index (χ1) is 9.56. The number of nitro benzene ring substituents is 1. The third-order valence-corrected chi connectivity index (χ3v) is 2.78. The SMILES string of the molecule is CCCCOCCOc1ccc([N+](=O)[O-])cc1C(C)O. The Morgan fingerprint density at radius 1 is 1.35 bits per heavy atom. The van der Waals surface area contributed by atoms with E-state index in [0.29, 0.717) is 31.1 Å². The summed E-state index contributed by atoms with van der Waals surface area (Å²) in [5.41, 5.74) is 0.347. The zero-order valence-electron chi connectivity index (χ0n) is 11.9. The second kappa shape index (κ2) is 8.50. The predicted octanol–water partition coefficient (Wildman–Crippen LogP) is 2.84. The lowest BCUT2D eigenvalue weighted by molar-refractivity contribution is -0.385. The lowest BCUT2D eigenvalue weighted by Crippen LogP contribution is -2.09. The third-order valence-electron chi connectivity index (χ3n) is 2.78. The molecule has 1 unspecified atom stereocenters. The lowest BCUT2D eigenvalue weighted by atomic mass is 10.1. The summed E-state index contributed by atoms with van der Waals surface area (Å²) in [4.78, 5) is 10.2. The molecule has 1 N–H and O–H groups in total. The van der Waals surface area contributed by atoms with Crippen LogP contribution < -0.4 is 4.74 Å². The van der Waals surface area contributed by atoms with Gasteiger partial charge in [0.05, 0.1) is 17.6 Å². The van der Waals surface area contributed by atoms with Gasteiger partial charge in [-0.15, -0.1) is 0 Å². The van der Waals surface area contributed by atoms with Gasteiger partial charge in [-0.25, -0.2) is 0 Å². The molecule has 1 atom stereocenters. The number of nitrogens with zero attached hydrogens (tertiary/aromatic N) is 1. The van der Waals surface area contributed by atoms with Gasteiger partial charge < -0.3 is 14.6 Å². The van der Waals surface area contributed by atoms with Crippen LogP contribution in [-0.4, -0.2) is 29.9 Å². The molecule has 0 amide bonds. The molecule has 6 heteroatoms. The van der Waals surface area contributed by atoms with E-state index in [1.807, 2.05) is 0 Å². The summed E-state index contributed by atoms with van der Waals surface area (Å²) >= 11 is 0. The summed E-state index contributed by atoms with van der Waals surface area (Å²) in [5.74, 6) is 0.449. The van der Waals surface area contributed by atoms with Crippen molar-refractivity contribution >= 4 is 5.69 Å². The van der Waals surface area contributed by atoms with E-state index in [9.17, 15) is 15.2 Å². The molecule has 0 aromatic heterocycles. The largest absolute Gasteiger partial charge is 0.491 e. The lowest BCUT2D eigenvalue weighted by Gasteiger charge is -2.13. The molecule has 0 aliphatic rings. The van der Waals surface area contributed by atoms with Crippen molar-refractivity contribution in [3.05, 3.63) is 33.9 Å². The molecule has 0 fully saturated rings. The molecule has 0 aliphatic heterocycles. The minimum atomic E-state index is -0.828. The van der Waals surface area contributed by atoms with Crippen molar-refractivity contribution in [2.24, 2.45) is 0 Å². The van der Waals surface area contributed by atoms with E-state index in [4.69, 9.17) is 9.47 Å². The number of benzene rings is 1. The number of aliphatic hydroxyl groups is 1. The van der Waals surface area contributed by atoms with Gasteiger partial charge >= 0.3 is 0 Å². The number of hydrogen-bond donors (Lipinski definition) is 1. The van der Waals surface area contributed by atoms with Gasteiger partial charge in [0, 0.05) is 24.3 Å². The Bertz CT molecular complexity index is 434. The molecule has 1 aromatic carbocycles. The fraction of sp³-hybridized carbons (Fsp3) is 0.571. The molecule has 0 heterocycles.